The van der Waals surface area contributed by atoms with Crippen LogP contribution in [0.1, 0.15) is 15.9 Å². The van der Waals surface area contributed by atoms with Crippen LogP contribution in [0.2, 0.25) is 5.02 Å². The summed E-state index contributed by atoms with van der Waals surface area (Å²) in [7, 11) is -6.00. The van der Waals surface area contributed by atoms with Crippen molar-refractivity contribution in [1.29, 1.82) is 5.39 Å². The van der Waals surface area contributed by atoms with Crippen molar-refractivity contribution in [1.82, 2.24) is 0 Å². The zero-order chi connectivity index (χ0) is 16.8. The van der Waals surface area contributed by atoms with Crippen LogP contribution < -0.4 is 0 Å². The summed E-state index contributed by atoms with van der Waals surface area (Å²) in [5.74, 6) is -0.221. The van der Waals surface area contributed by atoms with E-state index < -0.39 is 7.25 Å². The molecular formula is C13H8BClF4N2O. The summed E-state index contributed by atoms with van der Waals surface area (Å²) in [5.41, 5.74) is 1.02. The summed E-state index contributed by atoms with van der Waals surface area (Å²) in [4.78, 5) is 15.2. The summed E-state index contributed by atoms with van der Waals surface area (Å²) in [6, 6.07) is 13.3. The molecule has 3 nitrogen and oxygen atoms in total. The van der Waals surface area contributed by atoms with Gasteiger partial charge >= 0.3 is 12.9 Å². The van der Waals surface area contributed by atoms with Gasteiger partial charge < -0.3 is 17.3 Å². The maximum Gasteiger partial charge on any atom is 0.673 e. The van der Waals surface area contributed by atoms with Crippen molar-refractivity contribution in [2.75, 3.05) is 0 Å². The second-order valence-corrected chi connectivity index (χ2v) is 4.39. The zero-order valence-corrected chi connectivity index (χ0v) is 11.6. The zero-order valence-electron chi connectivity index (χ0n) is 10.9. The molecule has 0 amide bonds. The molecule has 9 heteroatoms. The highest BCUT2D eigenvalue weighted by atomic mass is 35.5. The first-order valence-corrected chi connectivity index (χ1v) is 6.22. The predicted octanol–water partition coefficient (Wildman–Crippen LogP) is 5.36. The molecule has 0 saturated carbocycles. The van der Waals surface area contributed by atoms with Gasteiger partial charge in [0, 0.05) is 16.7 Å². The molecule has 0 saturated heterocycles. The second-order valence-electron chi connectivity index (χ2n) is 3.95. The lowest BCUT2D eigenvalue weighted by atomic mass is 10.0. The minimum Gasteiger partial charge on any atom is -0.418 e. The average molecular weight is 330 g/mol. The van der Waals surface area contributed by atoms with Gasteiger partial charge in [0.2, 0.25) is 11.2 Å². The van der Waals surface area contributed by atoms with E-state index in [1.807, 2.05) is 6.07 Å². The average Bonchev–Trinajstić information content (AvgIpc) is 2.45. The van der Waals surface area contributed by atoms with Gasteiger partial charge in [-0.3, -0.25) is 4.79 Å². The summed E-state index contributed by atoms with van der Waals surface area (Å²) in [6.45, 7) is 0. The molecule has 0 bridgehead atoms. The maximum atomic E-state index is 12.1. The van der Waals surface area contributed by atoms with Gasteiger partial charge in [-0.2, -0.15) is 0 Å². The van der Waals surface area contributed by atoms with E-state index in [9.17, 15) is 22.1 Å². The van der Waals surface area contributed by atoms with E-state index in [1.54, 1.807) is 30.3 Å². The van der Waals surface area contributed by atoms with Gasteiger partial charge in [0.05, 0.1) is 0 Å². The van der Waals surface area contributed by atoms with Gasteiger partial charge in [-0.15, -0.1) is 0 Å². The summed E-state index contributed by atoms with van der Waals surface area (Å²) < 4.78 is 39.0. The molecule has 0 spiro atoms. The van der Waals surface area contributed by atoms with Gasteiger partial charge in [-0.25, -0.2) is 0 Å². The minimum atomic E-state index is -6.00. The molecule has 0 fully saturated rings. The molecule has 0 atom stereocenters. The normalized spacial score (nSPS) is 10.2. The number of carbonyl (C=O) groups excluding carboxylic acids is 1. The molecule has 0 aliphatic carbocycles. The Morgan fingerprint density at radius 2 is 1.59 bits per heavy atom. The third kappa shape index (κ3) is 5.93. The molecule has 2 aromatic carbocycles. The molecule has 0 aliphatic rings. The first-order chi connectivity index (χ1) is 10.2. The number of nitrogens with zero attached hydrogens (tertiary/aromatic N) is 2. The van der Waals surface area contributed by atoms with Crippen LogP contribution in [0.5, 0.6) is 0 Å². The fourth-order valence-electron chi connectivity index (χ4n) is 1.52. The Kier molecular flexibility index (Phi) is 6.07. The number of hydrogen-bond donors (Lipinski definition) is 0. The number of benzene rings is 2. The third-order valence-electron chi connectivity index (χ3n) is 2.35. The molecule has 0 heterocycles. The molecule has 22 heavy (non-hydrogen) atoms. The fourth-order valence-corrected chi connectivity index (χ4v) is 1.69. The minimum absolute atomic E-state index is 0.211. The highest BCUT2D eigenvalue weighted by Crippen LogP contribution is 2.25. The van der Waals surface area contributed by atoms with Crippen molar-refractivity contribution in [3.8, 4) is 0 Å². The summed E-state index contributed by atoms with van der Waals surface area (Å²) in [5, 5.41) is 9.26. The van der Waals surface area contributed by atoms with Crippen LogP contribution in [0.25, 0.3) is 4.98 Å². The lowest BCUT2D eigenvalue weighted by Gasteiger charge is -1.98. The number of rotatable bonds is 2. The Labute approximate surface area is 128 Å². The number of diazo groups is 1. The lowest BCUT2D eigenvalue weighted by molar-refractivity contribution is 0.103. The Balaban J connectivity index is 0.000000422. The molecule has 0 unspecified atom stereocenters. The van der Waals surface area contributed by atoms with E-state index in [0.29, 0.717) is 10.6 Å². The predicted molar refractivity (Wildman–Crippen MR) is 76.3 cm³/mol. The molecule has 114 valence electrons. The van der Waals surface area contributed by atoms with Crippen molar-refractivity contribution in [2.45, 2.75) is 0 Å². The molecule has 0 N–H and O–H groups in total. The van der Waals surface area contributed by atoms with Gasteiger partial charge in [0.1, 0.15) is 5.56 Å². The molecule has 0 aromatic heterocycles. The Bertz CT molecular complexity index is 695. The van der Waals surface area contributed by atoms with Crippen LogP contribution in [0.15, 0.2) is 48.5 Å². The molecule has 0 aliphatic heterocycles. The first-order valence-electron chi connectivity index (χ1n) is 5.84. The van der Waals surface area contributed by atoms with Crippen LogP contribution in [0.3, 0.4) is 0 Å². The van der Waals surface area contributed by atoms with Crippen molar-refractivity contribution in [3.63, 3.8) is 0 Å². The van der Waals surface area contributed by atoms with E-state index in [4.69, 9.17) is 17.0 Å². The van der Waals surface area contributed by atoms with E-state index in [1.165, 1.54) is 12.1 Å². The lowest BCUT2D eigenvalue weighted by Crippen LogP contribution is -2.02. The highest BCUT2D eigenvalue weighted by molar-refractivity contribution is 6.50. The van der Waals surface area contributed by atoms with E-state index >= 15 is 0 Å². The molecule has 2 aromatic rings. The topological polar surface area (TPSA) is 45.2 Å². The highest BCUT2D eigenvalue weighted by Gasteiger charge is 2.22. The van der Waals surface area contributed by atoms with Crippen LogP contribution in [0, 0.1) is 5.39 Å². The summed E-state index contributed by atoms with van der Waals surface area (Å²) in [6.07, 6.45) is 0. The van der Waals surface area contributed by atoms with Crippen molar-refractivity contribution in [3.05, 3.63) is 69.7 Å². The third-order valence-corrected chi connectivity index (χ3v) is 2.58. The first kappa shape index (κ1) is 17.7. The number of carbonyl (C=O) groups is 1. The second kappa shape index (κ2) is 7.57. The number of halogens is 5. The van der Waals surface area contributed by atoms with Crippen molar-refractivity contribution in [2.24, 2.45) is 0 Å². The molecule has 2 rings (SSSR count). The standard InChI is InChI=1S/C13H8ClN2O.BF4/c14-10-6-7-12(16-15)11(8-10)13(17)9-4-2-1-3-5-9;2-1(3,4)5/h1-8H;/q+1;-1. The Hall–Kier alpha value is -2.40. The SMILES string of the molecule is F[B-](F)(F)F.N#[N+]c1ccc(Cl)cc1C(=O)c1ccccc1. The Morgan fingerprint density at radius 1 is 1.05 bits per heavy atom. The monoisotopic (exact) mass is 330 g/mol. The van der Waals surface area contributed by atoms with Gasteiger partial charge in [-0.1, -0.05) is 41.9 Å². The molecular weight excluding hydrogens is 322 g/mol. The van der Waals surface area contributed by atoms with Crippen LogP contribution >= 0.6 is 11.6 Å². The molecule has 0 radical (unpaired) electrons. The summed E-state index contributed by atoms with van der Waals surface area (Å²) >= 11 is 5.83. The number of hydrogen-bond acceptors (Lipinski definition) is 2. The number of ketones is 1. The van der Waals surface area contributed by atoms with Crippen LogP contribution in [0.4, 0.5) is 23.0 Å². The van der Waals surface area contributed by atoms with Crippen LogP contribution in [-0.2, 0) is 0 Å². The fraction of sp³-hybridized carbons (Fsp3) is 0. The van der Waals surface area contributed by atoms with E-state index in [2.05, 4.69) is 4.98 Å². The van der Waals surface area contributed by atoms with E-state index in [0.717, 1.165) is 0 Å². The van der Waals surface area contributed by atoms with Gasteiger partial charge in [0.25, 0.3) is 0 Å². The Morgan fingerprint density at radius 3 is 2.09 bits per heavy atom. The smallest absolute Gasteiger partial charge is 0.418 e. The van der Waals surface area contributed by atoms with Crippen molar-refractivity contribution >= 4 is 30.3 Å². The largest absolute Gasteiger partial charge is 0.673 e. The quantitative estimate of drug-likeness (QED) is 0.322. The van der Waals surface area contributed by atoms with Gasteiger partial charge in [-0.05, 0) is 12.1 Å². The maximum absolute atomic E-state index is 12.1. The van der Waals surface area contributed by atoms with E-state index in [-0.39, 0.29) is 17.0 Å². The van der Waals surface area contributed by atoms with Crippen molar-refractivity contribution < 1.29 is 22.1 Å². The van der Waals surface area contributed by atoms with Gasteiger partial charge in [0.15, 0.2) is 4.98 Å². The van der Waals surface area contributed by atoms with Crippen LogP contribution in [-0.4, -0.2) is 13.0 Å².